The molecule has 0 bridgehead atoms. The van der Waals surface area contributed by atoms with E-state index in [-0.39, 0.29) is 0 Å². The van der Waals surface area contributed by atoms with Gasteiger partial charge in [0, 0.05) is 43.8 Å². The average Bonchev–Trinajstić information content (AvgIpc) is 2.93. The molecule has 2 rings (SSSR count). The standard InChI is InChI=1S/C15H26N2OS/c1-13(15-4-3-11-19-15)16-7-8-17(2)12-14-5-9-18-10-6-14/h3-4,11,13-14,16H,5-10,12H2,1-2H3. The molecule has 0 saturated carbocycles. The molecule has 3 nitrogen and oxygen atoms in total. The second kappa shape index (κ2) is 8.00. The van der Waals surface area contributed by atoms with Crippen LogP contribution >= 0.6 is 11.3 Å². The van der Waals surface area contributed by atoms with Gasteiger partial charge in [-0.15, -0.1) is 11.3 Å². The lowest BCUT2D eigenvalue weighted by Crippen LogP contribution is -2.35. The van der Waals surface area contributed by atoms with Crippen molar-refractivity contribution in [2.45, 2.75) is 25.8 Å². The predicted octanol–water partition coefficient (Wildman–Crippen LogP) is 2.76. The molecule has 1 unspecified atom stereocenters. The maximum absolute atomic E-state index is 5.41. The highest BCUT2D eigenvalue weighted by molar-refractivity contribution is 7.10. The van der Waals surface area contributed by atoms with Gasteiger partial charge in [-0.2, -0.15) is 0 Å². The third kappa shape index (κ3) is 5.22. The van der Waals surface area contributed by atoms with Crippen molar-refractivity contribution in [3.05, 3.63) is 22.4 Å². The Balaban J connectivity index is 1.59. The minimum Gasteiger partial charge on any atom is -0.381 e. The van der Waals surface area contributed by atoms with Gasteiger partial charge in [0.15, 0.2) is 0 Å². The van der Waals surface area contributed by atoms with Crippen LogP contribution in [-0.4, -0.2) is 44.8 Å². The van der Waals surface area contributed by atoms with Crippen LogP contribution in [0, 0.1) is 5.92 Å². The Morgan fingerprint density at radius 2 is 2.26 bits per heavy atom. The number of thiophene rings is 1. The maximum Gasteiger partial charge on any atom is 0.0469 e. The number of hydrogen-bond acceptors (Lipinski definition) is 4. The molecule has 1 aliphatic rings. The zero-order valence-electron chi connectivity index (χ0n) is 12.1. The van der Waals surface area contributed by atoms with Gasteiger partial charge in [-0.3, -0.25) is 0 Å². The fourth-order valence-electron chi connectivity index (χ4n) is 2.57. The first-order valence-corrected chi connectivity index (χ1v) is 8.16. The first-order valence-electron chi connectivity index (χ1n) is 7.29. The smallest absolute Gasteiger partial charge is 0.0469 e. The number of hydrogen-bond donors (Lipinski definition) is 1. The molecule has 0 aliphatic carbocycles. The van der Waals surface area contributed by atoms with Crippen molar-refractivity contribution in [3.63, 3.8) is 0 Å². The molecular formula is C15H26N2OS. The molecule has 1 atom stereocenters. The van der Waals surface area contributed by atoms with Gasteiger partial charge < -0.3 is 15.0 Å². The highest BCUT2D eigenvalue weighted by Gasteiger charge is 2.15. The Labute approximate surface area is 121 Å². The van der Waals surface area contributed by atoms with E-state index in [0.717, 1.165) is 32.2 Å². The molecule has 0 amide bonds. The van der Waals surface area contributed by atoms with Crippen LogP contribution in [-0.2, 0) is 4.74 Å². The van der Waals surface area contributed by atoms with Crippen molar-refractivity contribution in [1.82, 2.24) is 10.2 Å². The summed E-state index contributed by atoms with van der Waals surface area (Å²) in [6, 6.07) is 4.79. The van der Waals surface area contributed by atoms with E-state index >= 15 is 0 Å². The van der Waals surface area contributed by atoms with Gasteiger partial charge in [0.05, 0.1) is 0 Å². The number of likely N-dealkylation sites (N-methyl/N-ethyl adjacent to an activating group) is 1. The second-order valence-corrected chi connectivity index (χ2v) is 6.49. The highest BCUT2D eigenvalue weighted by atomic mass is 32.1. The highest BCUT2D eigenvalue weighted by Crippen LogP contribution is 2.18. The van der Waals surface area contributed by atoms with Gasteiger partial charge in [-0.05, 0) is 44.2 Å². The average molecular weight is 282 g/mol. The van der Waals surface area contributed by atoms with Crippen molar-refractivity contribution in [2.24, 2.45) is 5.92 Å². The molecule has 1 saturated heterocycles. The second-order valence-electron chi connectivity index (χ2n) is 5.51. The van der Waals surface area contributed by atoms with Crippen LogP contribution in [0.15, 0.2) is 17.5 Å². The van der Waals surface area contributed by atoms with E-state index in [4.69, 9.17) is 4.74 Å². The number of nitrogens with one attached hydrogen (secondary N) is 1. The first-order chi connectivity index (χ1) is 9.25. The maximum atomic E-state index is 5.41. The molecule has 1 fully saturated rings. The predicted molar refractivity (Wildman–Crippen MR) is 81.8 cm³/mol. The van der Waals surface area contributed by atoms with Crippen molar-refractivity contribution < 1.29 is 4.74 Å². The lowest BCUT2D eigenvalue weighted by molar-refractivity contribution is 0.0558. The van der Waals surface area contributed by atoms with Crippen LogP contribution in [0.25, 0.3) is 0 Å². The zero-order valence-corrected chi connectivity index (χ0v) is 12.9. The summed E-state index contributed by atoms with van der Waals surface area (Å²) in [6.07, 6.45) is 2.45. The molecule has 1 aromatic heterocycles. The van der Waals surface area contributed by atoms with Gasteiger partial charge in [0.25, 0.3) is 0 Å². The molecule has 2 heterocycles. The van der Waals surface area contributed by atoms with E-state index in [1.54, 1.807) is 0 Å². The van der Waals surface area contributed by atoms with Crippen LogP contribution in [0.2, 0.25) is 0 Å². The molecule has 1 aliphatic heterocycles. The first kappa shape index (κ1) is 15.0. The summed E-state index contributed by atoms with van der Waals surface area (Å²) in [5, 5.41) is 5.74. The molecule has 4 heteroatoms. The fourth-order valence-corrected chi connectivity index (χ4v) is 3.33. The molecule has 19 heavy (non-hydrogen) atoms. The number of ether oxygens (including phenoxy) is 1. The monoisotopic (exact) mass is 282 g/mol. The van der Waals surface area contributed by atoms with Crippen molar-refractivity contribution in [1.29, 1.82) is 0 Å². The summed E-state index contributed by atoms with van der Waals surface area (Å²) in [4.78, 5) is 3.87. The largest absolute Gasteiger partial charge is 0.381 e. The van der Waals surface area contributed by atoms with Gasteiger partial charge in [0.1, 0.15) is 0 Å². The fraction of sp³-hybridized carbons (Fsp3) is 0.733. The van der Waals surface area contributed by atoms with Gasteiger partial charge >= 0.3 is 0 Å². The van der Waals surface area contributed by atoms with E-state index in [0.29, 0.717) is 6.04 Å². The summed E-state index contributed by atoms with van der Waals surface area (Å²) in [7, 11) is 2.23. The topological polar surface area (TPSA) is 24.5 Å². The Morgan fingerprint density at radius 3 is 2.95 bits per heavy atom. The molecule has 1 aromatic rings. The van der Waals surface area contributed by atoms with Crippen LogP contribution in [0.3, 0.4) is 0 Å². The minimum absolute atomic E-state index is 0.469. The Bertz CT molecular complexity index is 336. The minimum atomic E-state index is 0.469. The lowest BCUT2D eigenvalue weighted by Gasteiger charge is -2.27. The van der Waals surface area contributed by atoms with Gasteiger partial charge in [-0.25, -0.2) is 0 Å². The van der Waals surface area contributed by atoms with Crippen molar-refractivity contribution in [2.75, 3.05) is 39.9 Å². The Kier molecular flexibility index (Phi) is 6.31. The molecule has 0 spiro atoms. The molecule has 0 aromatic carbocycles. The summed E-state index contributed by atoms with van der Waals surface area (Å²) in [5.74, 6) is 0.827. The Morgan fingerprint density at radius 1 is 1.47 bits per heavy atom. The quantitative estimate of drug-likeness (QED) is 0.832. The number of rotatable bonds is 7. The van der Waals surface area contributed by atoms with Crippen LogP contribution in [0.4, 0.5) is 0 Å². The van der Waals surface area contributed by atoms with E-state index in [9.17, 15) is 0 Å². The SMILES string of the molecule is CC(NCCN(C)CC1CCOCC1)c1cccs1. The van der Waals surface area contributed by atoms with Crippen molar-refractivity contribution >= 4 is 11.3 Å². The molecule has 1 N–H and O–H groups in total. The zero-order chi connectivity index (χ0) is 13.5. The lowest BCUT2D eigenvalue weighted by atomic mass is 10.00. The molecule has 0 radical (unpaired) electrons. The summed E-state index contributed by atoms with van der Waals surface area (Å²) < 4.78 is 5.41. The van der Waals surface area contributed by atoms with E-state index in [2.05, 4.69) is 41.7 Å². The van der Waals surface area contributed by atoms with Gasteiger partial charge in [-0.1, -0.05) is 6.07 Å². The van der Waals surface area contributed by atoms with Crippen LogP contribution in [0.1, 0.15) is 30.7 Å². The third-order valence-electron chi connectivity index (χ3n) is 3.82. The third-order valence-corrected chi connectivity index (χ3v) is 4.88. The van der Waals surface area contributed by atoms with Crippen LogP contribution in [0.5, 0.6) is 0 Å². The Hall–Kier alpha value is -0.420. The molecule has 108 valence electrons. The summed E-state index contributed by atoms with van der Waals surface area (Å²) in [6.45, 7) is 7.52. The van der Waals surface area contributed by atoms with E-state index in [1.165, 1.54) is 24.3 Å². The van der Waals surface area contributed by atoms with E-state index in [1.807, 2.05) is 11.3 Å². The molecular weight excluding hydrogens is 256 g/mol. The van der Waals surface area contributed by atoms with Gasteiger partial charge in [0.2, 0.25) is 0 Å². The number of nitrogens with zero attached hydrogens (tertiary/aromatic N) is 1. The summed E-state index contributed by atoms with van der Waals surface area (Å²) >= 11 is 1.83. The van der Waals surface area contributed by atoms with Crippen molar-refractivity contribution in [3.8, 4) is 0 Å². The van der Waals surface area contributed by atoms with Crippen LogP contribution < -0.4 is 5.32 Å². The van der Waals surface area contributed by atoms with E-state index < -0.39 is 0 Å². The summed E-state index contributed by atoms with van der Waals surface area (Å²) in [5.41, 5.74) is 0. The normalized spacial score (nSPS) is 18.9.